The van der Waals surface area contributed by atoms with Crippen molar-refractivity contribution in [2.75, 3.05) is 0 Å². The van der Waals surface area contributed by atoms with E-state index in [4.69, 9.17) is 0 Å². The van der Waals surface area contributed by atoms with Crippen LogP contribution in [0.4, 0.5) is 0 Å². The van der Waals surface area contributed by atoms with Gasteiger partial charge in [0.2, 0.25) is 0 Å². The topological polar surface area (TPSA) is 37.3 Å². The van der Waals surface area contributed by atoms with Crippen molar-refractivity contribution in [2.24, 2.45) is 5.92 Å². The van der Waals surface area contributed by atoms with Gasteiger partial charge in [-0.25, -0.2) is 0 Å². The van der Waals surface area contributed by atoms with Gasteiger partial charge in [-0.2, -0.15) is 0 Å². The van der Waals surface area contributed by atoms with E-state index in [2.05, 4.69) is 0 Å². The molecule has 0 fully saturated rings. The van der Waals surface area contributed by atoms with Crippen LogP contribution in [0, 0.1) is 5.92 Å². The second-order valence-electron chi connectivity index (χ2n) is 4.19. The Balaban J connectivity index is 3.07. The summed E-state index contributed by atoms with van der Waals surface area (Å²) >= 11 is 0. The second kappa shape index (κ2) is 5.26. The normalized spacial score (nSPS) is 16.5. The molecule has 1 aromatic rings. The number of carbonyl (C=O) groups is 1. The molecule has 88 valence electrons. The third-order valence-electron chi connectivity index (χ3n) is 3.36. The minimum absolute atomic E-state index is 0.105. The van der Waals surface area contributed by atoms with Gasteiger partial charge >= 0.3 is 0 Å². The molecule has 2 atom stereocenters. The van der Waals surface area contributed by atoms with Crippen LogP contribution >= 0.6 is 0 Å². The molecule has 0 aliphatic heterocycles. The van der Waals surface area contributed by atoms with Crippen molar-refractivity contribution in [1.82, 2.24) is 0 Å². The summed E-state index contributed by atoms with van der Waals surface area (Å²) in [6.07, 6.45) is 1.01. The van der Waals surface area contributed by atoms with E-state index >= 15 is 0 Å². The summed E-state index contributed by atoms with van der Waals surface area (Å²) in [5, 5.41) is 10.6. The summed E-state index contributed by atoms with van der Waals surface area (Å²) in [7, 11) is 0. The van der Waals surface area contributed by atoms with Crippen LogP contribution in [0.5, 0.6) is 0 Å². The van der Waals surface area contributed by atoms with Gasteiger partial charge in [-0.3, -0.25) is 4.79 Å². The summed E-state index contributed by atoms with van der Waals surface area (Å²) in [6, 6.07) is 9.44. The zero-order valence-corrected chi connectivity index (χ0v) is 10.2. The number of hydrogen-bond donors (Lipinski definition) is 1. The van der Waals surface area contributed by atoms with E-state index in [0.29, 0.717) is 12.8 Å². The molecule has 0 saturated carbocycles. The van der Waals surface area contributed by atoms with E-state index < -0.39 is 5.60 Å². The van der Waals surface area contributed by atoms with Gasteiger partial charge in [0.05, 0.1) is 5.60 Å². The Hall–Kier alpha value is -1.15. The molecular weight excluding hydrogens is 200 g/mol. The SMILES string of the molecule is CCC(=O)[C@H](C)[C@@](O)(CC)c1ccccc1. The van der Waals surface area contributed by atoms with Crippen LogP contribution in [0.15, 0.2) is 30.3 Å². The minimum atomic E-state index is -1.03. The van der Waals surface area contributed by atoms with Gasteiger partial charge in [-0.1, -0.05) is 51.1 Å². The van der Waals surface area contributed by atoms with E-state index in [1.165, 1.54) is 0 Å². The highest BCUT2D eigenvalue weighted by atomic mass is 16.3. The lowest BCUT2D eigenvalue weighted by atomic mass is 9.77. The number of benzene rings is 1. The van der Waals surface area contributed by atoms with Crippen molar-refractivity contribution in [1.29, 1.82) is 0 Å². The zero-order chi connectivity index (χ0) is 12.2. The quantitative estimate of drug-likeness (QED) is 0.828. The maximum Gasteiger partial charge on any atom is 0.138 e. The molecule has 1 rings (SSSR count). The van der Waals surface area contributed by atoms with Crippen molar-refractivity contribution >= 4 is 5.78 Å². The van der Waals surface area contributed by atoms with E-state index in [1.54, 1.807) is 0 Å². The van der Waals surface area contributed by atoms with E-state index in [0.717, 1.165) is 5.56 Å². The third-order valence-corrected chi connectivity index (χ3v) is 3.36. The molecule has 0 unspecified atom stereocenters. The molecule has 0 heterocycles. The lowest BCUT2D eigenvalue weighted by molar-refractivity contribution is -0.132. The first kappa shape index (κ1) is 12.9. The smallest absolute Gasteiger partial charge is 0.138 e. The fourth-order valence-electron chi connectivity index (χ4n) is 2.06. The molecule has 0 bridgehead atoms. The molecule has 0 spiro atoms. The molecule has 0 aliphatic carbocycles. The van der Waals surface area contributed by atoms with Crippen molar-refractivity contribution in [3.63, 3.8) is 0 Å². The molecule has 0 amide bonds. The van der Waals surface area contributed by atoms with Gasteiger partial charge in [0.15, 0.2) is 0 Å². The average Bonchev–Trinajstić information content (AvgIpc) is 2.37. The molecule has 2 nitrogen and oxygen atoms in total. The Morgan fingerprint density at radius 2 is 1.88 bits per heavy atom. The monoisotopic (exact) mass is 220 g/mol. The van der Waals surface area contributed by atoms with Crippen LogP contribution in [-0.4, -0.2) is 10.9 Å². The Kier molecular flexibility index (Phi) is 4.25. The van der Waals surface area contributed by atoms with Crippen molar-refractivity contribution in [3.05, 3.63) is 35.9 Å². The van der Waals surface area contributed by atoms with Crippen LogP contribution in [0.3, 0.4) is 0 Å². The maximum absolute atomic E-state index is 11.7. The van der Waals surface area contributed by atoms with Crippen LogP contribution in [0.25, 0.3) is 0 Å². The third kappa shape index (κ3) is 2.33. The first-order chi connectivity index (χ1) is 7.56. The second-order valence-corrected chi connectivity index (χ2v) is 4.19. The van der Waals surface area contributed by atoms with Crippen molar-refractivity contribution < 1.29 is 9.90 Å². The van der Waals surface area contributed by atoms with Gasteiger partial charge in [0, 0.05) is 12.3 Å². The summed E-state index contributed by atoms with van der Waals surface area (Å²) in [6.45, 7) is 5.55. The molecule has 1 aromatic carbocycles. The Morgan fingerprint density at radius 3 is 2.31 bits per heavy atom. The lowest BCUT2D eigenvalue weighted by Crippen LogP contribution is -2.37. The van der Waals surface area contributed by atoms with Gasteiger partial charge in [0.1, 0.15) is 5.78 Å². The highest BCUT2D eigenvalue weighted by molar-refractivity contribution is 5.81. The van der Waals surface area contributed by atoms with Gasteiger partial charge in [-0.05, 0) is 12.0 Å². The van der Waals surface area contributed by atoms with Gasteiger partial charge in [-0.15, -0.1) is 0 Å². The largest absolute Gasteiger partial charge is 0.384 e. The van der Waals surface area contributed by atoms with E-state index in [1.807, 2.05) is 51.1 Å². The molecule has 0 aromatic heterocycles. The molecule has 2 heteroatoms. The number of rotatable bonds is 5. The van der Waals surface area contributed by atoms with Gasteiger partial charge in [0.25, 0.3) is 0 Å². The van der Waals surface area contributed by atoms with E-state index in [-0.39, 0.29) is 11.7 Å². The number of hydrogen-bond acceptors (Lipinski definition) is 2. The fourth-order valence-corrected chi connectivity index (χ4v) is 2.06. The van der Waals surface area contributed by atoms with Crippen LogP contribution in [-0.2, 0) is 10.4 Å². The lowest BCUT2D eigenvalue weighted by Gasteiger charge is -2.32. The predicted octanol–water partition coefficient (Wildman–Crippen LogP) is 2.90. The summed E-state index contributed by atoms with van der Waals surface area (Å²) in [5.74, 6) is -0.252. The number of carbonyl (C=O) groups excluding carboxylic acids is 1. The standard InChI is InChI=1S/C14H20O2/c1-4-13(15)11(3)14(16,5-2)12-9-7-6-8-10-12/h6-11,16H,4-5H2,1-3H3/t11-,14-/m0/s1. The summed E-state index contributed by atoms with van der Waals surface area (Å²) in [4.78, 5) is 11.7. The molecule has 0 saturated heterocycles. The Morgan fingerprint density at radius 1 is 1.31 bits per heavy atom. The average molecular weight is 220 g/mol. The Bertz CT molecular complexity index is 345. The summed E-state index contributed by atoms with van der Waals surface area (Å²) in [5.41, 5.74) is -0.208. The molecular formula is C14H20O2. The number of ketones is 1. The Labute approximate surface area is 97.3 Å². The van der Waals surface area contributed by atoms with Crippen molar-refractivity contribution in [3.8, 4) is 0 Å². The first-order valence-corrected chi connectivity index (χ1v) is 5.86. The molecule has 1 N–H and O–H groups in total. The van der Waals surface area contributed by atoms with Crippen LogP contribution < -0.4 is 0 Å². The highest BCUT2D eigenvalue weighted by Gasteiger charge is 2.37. The number of aliphatic hydroxyl groups is 1. The highest BCUT2D eigenvalue weighted by Crippen LogP contribution is 2.33. The molecule has 0 aliphatic rings. The molecule has 16 heavy (non-hydrogen) atoms. The van der Waals surface area contributed by atoms with Crippen LogP contribution in [0.2, 0.25) is 0 Å². The van der Waals surface area contributed by atoms with Crippen molar-refractivity contribution in [2.45, 2.75) is 39.2 Å². The minimum Gasteiger partial charge on any atom is -0.384 e. The van der Waals surface area contributed by atoms with Gasteiger partial charge < -0.3 is 5.11 Å². The van der Waals surface area contributed by atoms with Crippen LogP contribution in [0.1, 0.15) is 39.2 Å². The predicted molar refractivity (Wildman–Crippen MR) is 65.1 cm³/mol. The zero-order valence-electron chi connectivity index (χ0n) is 10.2. The summed E-state index contributed by atoms with van der Waals surface area (Å²) < 4.78 is 0. The van der Waals surface area contributed by atoms with E-state index in [9.17, 15) is 9.90 Å². The first-order valence-electron chi connectivity index (χ1n) is 5.86. The number of Topliss-reactive ketones (excluding diaryl/α,β-unsaturated/α-hetero) is 1. The molecule has 0 radical (unpaired) electrons. The fraction of sp³-hybridized carbons (Fsp3) is 0.500. The maximum atomic E-state index is 11.7.